The van der Waals surface area contributed by atoms with E-state index in [0.717, 1.165) is 102 Å². The van der Waals surface area contributed by atoms with Gasteiger partial charge in [-0.05, 0) is 214 Å². The fourth-order valence-corrected chi connectivity index (χ4v) is 21.3. The van der Waals surface area contributed by atoms with Crippen molar-refractivity contribution >= 4 is 93.1 Å². The molecule has 0 aliphatic carbocycles. The molecule has 6 aromatic heterocycles. The molecular formula is C108H117N15O20. The van der Waals surface area contributed by atoms with E-state index in [1.807, 2.05) is 106 Å². The highest BCUT2D eigenvalue weighted by molar-refractivity contribution is 5.96. The molecule has 0 saturated carbocycles. The van der Waals surface area contributed by atoms with Gasteiger partial charge in [0.05, 0.1) is 92.7 Å². The summed E-state index contributed by atoms with van der Waals surface area (Å²) in [4.78, 5) is 153. The zero-order valence-corrected chi connectivity index (χ0v) is 81.3. The zero-order valence-electron chi connectivity index (χ0n) is 81.3. The van der Waals surface area contributed by atoms with E-state index in [9.17, 15) is 58.5 Å². The monoisotopic (exact) mass is 1940 g/mol. The molecule has 4 atom stereocenters. The number of piperidine rings is 4. The maximum atomic E-state index is 13.7. The van der Waals surface area contributed by atoms with Gasteiger partial charge in [-0.15, -0.1) is 0 Å². The molecule has 0 unspecified atom stereocenters. The summed E-state index contributed by atoms with van der Waals surface area (Å²) < 4.78 is 38.4. The number of likely N-dealkylation sites (tertiary alicyclic amines) is 4. The Bertz CT molecular complexity index is 7150. The number of hydrogen-bond acceptors (Lipinski definition) is 30. The first-order valence-electron chi connectivity index (χ1n) is 49.4. The molecular weight excluding hydrogens is 1830 g/mol. The first-order valence-corrected chi connectivity index (χ1v) is 49.4. The quantitative estimate of drug-likeness (QED) is 0.0147. The normalized spacial score (nSPS) is 20.0. The second kappa shape index (κ2) is 40.6. The van der Waals surface area contributed by atoms with Gasteiger partial charge in [-0.1, -0.05) is 92.5 Å². The van der Waals surface area contributed by atoms with Crippen LogP contribution in [0.25, 0.3) is 66.9 Å². The number of carbonyl (C=O) groups excluding carboxylic acids is 6. The summed E-state index contributed by atoms with van der Waals surface area (Å²) in [5.41, 5.74) is 15.2. The van der Waals surface area contributed by atoms with Crippen LogP contribution in [0, 0.1) is 0 Å². The first kappa shape index (κ1) is 97.6. The van der Waals surface area contributed by atoms with Gasteiger partial charge >= 0.3 is 36.1 Å². The molecule has 16 heterocycles. The summed E-state index contributed by atoms with van der Waals surface area (Å²) in [7, 11) is 1.47. The Hall–Kier alpha value is -14.2. The number of cyclic esters (lactones) is 3. The van der Waals surface area contributed by atoms with Crippen molar-refractivity contribution in [2.75, 3.05) is 64.9 Å². The van der Waals surface area contributed by atoms with Gasteiger partial charge < -0.3 is 92.5 Å². The second-order valence-corrected chi connectivity index (χ2v) is 39.1. The van der Waals surface area contributed by atoms with Crippen LogP contribution in [0.2, 0.25) is 0 Å². The molecule has 10 aliphatic heterocycles. The van der Waals surface area contributed by atoms with Crippen molar-refractivity contribution in [1.82, 2.24) is 48.3 Å². The number of oxime groups is 2. The predicted molar refractivity (Wildman–Crippen MR) is 534 cm³/mol. The van der Waals surface area contributed by atoms with Crippen LogP contribution in [0.4, 0.5) is 15.3 Å². The number of para-hydroxylation sites is 1. The van der Waals surface area contributed by atoms with E-state index in [1.54, 1.807) is 111 Å². The topological polar surface area (TPSA) is 430 Å². The van der Waals surface area contributed by atoms with Crippen LogP contribution in [0.15, 0.2) is 163 Å². The van der Waals surface area contributed by atoms with E-state index in [0.29, 0.717) is 136 Å². The minimum atomic E-state index is -1.91. The summed E-state index contributed by atoms with van der Waals surface area (Å²) in [6.07, 6.45) is 17.0. The summed E-state index contributed by atoms with van der Waals surface area (Å²) in [5.74, 6) is -1.69. The number of hydrogen-bond donors (Lipinski definition) is 5. The summed E-state index contributed by atoms with van der Waals surface area (Å²) in [6, 6.07) is 40.8. The number of amides is 2. The van der Waals surface area contributed by atoms with E-state index in [-0.39, 0.29) is 127 Å². The number of aliphatic hydroxyl groups is 3. The number of ether oxygens (including phenoxy) is 6. The predicted octanol–water partition coefficient (Wildman–Crippen LogP) is 12.8. The average Bonchev–Trinajstić information content (AvgIpc) is 1.60. The lowest BCUT2D eigenvalue weighted by molar-refractivity contribution is -0.172. The third kappa shape index (κ3) is 19.2. The molecule has 11 aromatic rings. The highest BCUT2D eigenvalue weighted by atomic mass is 16.6. The van der Waals surface area contributed by atoms with Gasteiger partial charge in [-0.3, -0.25) is 19.8 Å². The number of nitrogens with one attached hydrogen (secondary N) is 1. The van der Waals surface area contributed by atoms with Gasteiger partial charge in [0.15, 0.2) is 16.8 Å². The van der Waals surface area contributed by atoms with Crippen LogP contribution in [0.5, 0.6) is 17.2 Å². The Morgan fingerprint density at radius 3 is 1.22 bits per heavy atom. The summed E-state index contributed by atoms with van der Waals surface area (Å²) >= 11 is 0. The maximum Gasteiger partial charge on any atom is 0.415 e. The third-order valence-electron chi connectivity index (χ3n) is 29.3. The van der Waals surface area contributed by atoms with Crippen molar-refractivity contribution in [2.24, 2.45) is 21.1 Å². The van der Waals surface area contributed by atoms with E-state index in [1.165, 1.54) is 45.6 Å². The molecule has 35 heteroatoms. The van der Waals surface area contributed by atoms with E-state index in [2.05, 4.69) is 30.6 Å². The maximum absolute atomic E-state index is 13.7. The van der Waals surface area contributed by atoms with E-state index in [4.69, 9.17) is 58.8 Å². The van der Waals surface area contributed by atoms with Crippen molar-refractivity contribution in [3.63, 3.8) is 0 Å². The van der Waals surface area contributed by atoms with Crippen LogP contribution >= 0.6 is 0 Å². The van der Waals surface area contributed by atoms with Gasteiger partial charge in [-0.25, -0.2) is 43.7 Å². The standard InChI is InChI=1S/C39H42N6O6.C35H36N4O7.C34H39N5O7/c1-2-39(49)31-22-33-35-25(23-45(33)36(46)30(31)24-50-37(39)47)21-29-28(13-16-40-42-26-9-5-3-6-10-26)34(12-11-32(29)41-35)51-38(48)44-19-14-27(15-20-44)43-17-7-4-8-18-43;1-5-35(43)25-17-28-30-21(18-39(28)31(40)24(25)19-44-33(35)42)16-23-22(13-14-37-46-34(2,3)4)29(12-11-27(23)38-30)45-32(41)26(36)15-20-9-7-6-8-10-20;1-3-34(43)26-18-28-30-21(19-39(28)31(40)25(26)20-45-32(34)41)17-24-23(9-12-35-44-2)29(8-7-27(24)36-30)46-33(42)38-15-10-22(11-16-38)37-13-5-4-6-14-37/h3,5-6,9-12,16,21-22,27,42,49H,2,4,7-8,13-15,17-20,23-24H2,1H3;6-12,14,16-17,26,43H,5,13,15,18-19,36H2,1-4H3;7-8,12,17-18,22,43H,3-6,9-11,13-16,19-20H2,1-2H3/b40-16+;37-14+;35-12+/t39-;26-,35+;34-/m010/s1. The molecule has 143 heavy (non-hydrogen) atoms. The van der Waals surface area contributed by atoms with Gasteiger partial charge in [0.2, 0.25) is 0 Å². The molecule has 0 spiro atoms. The largest absolute Gasteiger partial charge is 0.458 e. The fourth-order valence-electron chi connectivity index (χ4n) is 21.3. The summed E-state index contributed by atoms with van der Waals surface area (Å²) in [6.45, 7) is 18.1. The number of fused-ring (bicyclic) bond motifs is 15. The minimum absolute atomic E-state index is 0.0556. The molecule has 0 radical (unpaired) electrons. The van der Waals surface area contributed by atoms with Crippen molar-refractivity contribution in [2.45, 2.75) is 231 Å². The van der Waals surface area contributed by atoms with Gasteiger partial charge in [0.1, 0.15) is 55.8 Å². The van der Waals surface area contributed by atoms with Gasteiger partial charge in [0, 0.05) is 142 Å². The SMILES string of the molecule is CC[C@@]1(O)C(=O)OCc2c1cc1n(c2=O)Cc2cc3c(C/C=N/Nc4ccccc4)c(OC(=O)N4CCC(N5CCCCC5)CC4)ccc3nc2-1.CC[C@@]1(O)C(=O)OCc2c1cc1n(c2=O)Cc2cc3c(C/C=N/OC(C)(C)C)c(OC(=O)[C@H](N)Cc4ccccc4)ccc3nc2-1.CC[C@@]1(O)C(=O)OCc2c1cc1n(c2=O)Cc2cc3c(C/C=N/OC)c(OC(=O)N4CCC(N5CCCCC5)CC4)ccc3nc2-1. The summed E-state index contributed by atoms with van der Waals surface area (Å²) in [5, 5.41) is 48.3. The van der Waals surface area contributed by atoms with Gasteiger partial charge in [-0.2, -0.15) is 5.10 Å². The fraction of sp³-hybridized carbons (Fsp3) is 0.417. The van der Waals surface area contributed by atoms with Crippen LogP contribution in [-0.4, -0.2) is 201 Å². The molecule has 0 bridgehead atoms. The molecule has 35 nitrogen and oxygen atoms in total. The van der Waals surface area contributed by atoms with Crippen molar-refractivity contribution < 1.29 is 82.2 Å². The lowest BCUT2D eigenvalue weighted by Gasteiger charge is -2.39. The number of carbonyl (C=O) groups is 6. The van der Waals surface area contributed by atoms with Gasteiger partial charge in [0.25, 0.3) is 16.7 Å². The van der Waals surface area contributed by atoms with E-state index < -0.39 is 52.3 Å². The minimum Gasteiger partial charge on any atom is -0.458 e. The Morgan fingerprint density at radius 2 is 0.846 bits per heavy atom. The smallest absolute Gasteiger partial charge is 0.415 e. The average molecular weight is 1950 g/mol. The zero-order chi connectivity index (χ0) is 99.9. The molecule has 744 valence electrons. The van der Waals surface area contributed by atoms with Crippen LogP contribution in [0.3, 0.4) is 0 Å². The first-order chi connectivity index (χ1) is 69.0. The molecule has 4 saturated heterocycles. The Kier molecular flexibility index (Phi) is 27.7. The van der Waals surface area contributed by atoms with Crippen molar-refractivity contribution in [3.05, 3.63) is 237 Å². The number of esters is 4. The number of rotatable bonds is 21. The number of nitrogens with two attached hydrogens (primary N) is 1. The molecule has 4 fully saturated rings. The highest BCUT2D eigenvalue weighted by Gasteiger charge is 2.49. The number of hydrazone groups is 1. The number of nitrogens with zero attached hydrogens (tertiary/aromatic N) is 13. The van der Waals surface area contributed by atoms with Crippen LogP contribution < -0.4 is 42.0 Å². The van der Waals surface area contributed by atoms with E-state index >= 15 is 0 Å². The highest BCUT2D eigenvalue weighted by Crippen LogP contribution is 2.46. The van der Waals surface area contributed by atoms with Crippen molar-refractivity contribution in [3.8, 4) is 51.4 Å². The molecule has 10 aliphatic rings. The number of pyridine rings is 6. The lowest BCUT2D eigenvalue weighted by atomic mass is 9.86. The molecule has 5 aromatic carbocycles. The molecule has 6 N–H and O–H groups in total. The number of anilines is 1. The third-order valence-corrected chi connectivity index (χ3v) is 29.3. The number of benzene rings is 5. The van der Waals surface area contributed by atoms with Crippen LogP contribution in [0.1, 0.15) is 197 Å². The Labute approximate surface area is 824 Å². The molecule has 21 rings (SSSR count). The lowest BCUT2D eigenvalue weighted by Crippen LogP contribution is -2.48. The number of aromatic nitrogens is 6. The van der Waals surface area contributed by atoms with Crippen molar-refractivity contribution in [1.29, 1.82) is 0 Å². The Morgan fingerprint density at radius 1 is 0.483 bits per heavy atom. The molecule has 2 amide bonds. The Balaban J connectivity index is 0.000000136. The second-order valence-electron chi connectivity index (χ2n) is 39.1. The van der Waals surface area contributed by atoms with Crippen LogP contribution in [-0.2, 0) is 125 Å².